The van der Waals surface area contributed by atoms with Crippen LogP contribution in [0.5, 0.6) is 0 Å². The zero-order chi connectivity index (χ0) is 24.2. The lowest BCUT2D eigenvalue weighted by atomic mass is 10.1. The number of carbonyl (C=O) groups is 1. The van der Waals surface area contributed by atoms with Gasteiger partial charge in [-0.15, -0.1) is 0 Å². The first kappa shape index (κ1) is 24.8. The molecule has 0 aromatic heterocycles. The summed E-state index contributed by atoms with van der Waals surface area (Å²) in [5, 5.41) is 2.50. The summed E-state index contributed by atoms with van der Waals surface area (Å²) in [4.78, 5) is 12.5. The molecule has 5 nitrogen and oxygen atoms in total. The van der Waals surface area contributed by atoms with Crippen LogP contribution in [0.3, 0.4) is 0 Å². The van der Waals surface area contributed by atoms with E-state index in [9.17, 15) is 26.4 Å². The molecule has 0 fully saturated rings. The number of halogens is 4. The number of carbonyl (C=O) groups excluding carboxylic acids is 1. The van der Waals surface area contributed by atoms with E-state index in [1.165, 1.54) is 31.3 Å². The standard InChI is InChI=1S/C23H20ClF3N2O3S/c1-29(15-16-6-3-2-4-7-16)33(31,32)19-10-11-21(24)20(13-19)22(30)28-14-17-8-5-9-18(12-17)23(25,26)27/h2-13H,14-15H2,1H3,(H,28,30). The van der Waals surface area contributed by atoms with Crippen molar-refractivity contribution in [2.45, 2.75) is 24.2 Å². The third kappa shape index (κ3) is 6.13. The molecule has 174 valence electrons. The molecular weight excluding hydrogens is 477 g/mol. The van der Waals surface area contributed by atoms with Gasteiger partial charge in [-0.2, -0.15) is 17.5 Å². The lowest BCUT2D eigenvalue weighted by Crippen LogP contribution is -2.27. The van der Waals surface area contributed by atoms with E-state index in [0.717, 1.165) is 28.1 Å². The van der Waals surface area contributed by atoms with Crippen LogP contribution in [0.25, 0.3) is 0 Å². The first-order valence-electron chi connectivity index (χ1n) is 9.72. The molecule has 0 saturated heterocycles. The van der Waals surface area contributed by atoms with Crippen molar-refractivity contribution >= 4 is 27.5 Å². The molecule has 0 unspecified atom stereocenters. The maximum Gasteiger partial charge on any atom is 0.416 e. The average Bonchev–Trinajstić information content (AvgIpc) is 2.78. The van der Waals surface area contributed by atoms with E-state index in [-0.39, 0.29) is 34.1 Å². The Morgan fingerprint density at radius 2 is 1.64 bits per heavy atom. The summed E-state index contributed by atoms with van der Waals surface area (Å²) in [6.45, 7) is -0.0627. The van der Waals surface area contributed by atoms with Gasteiger partial charge in [0.15, 0.2) is 0 Å². The number of rotatable bonds is 7. The molecule has 10 heteroatoms. The van der Waals surface area contributed by atoms with E-state index in [0.29, 0.717) is 0 Å². The molecule has 3 aromatic carbocycles. The summed E-state index contributed by atoms with van der Waals surface area (Å²) in [5.41, 5.74) is 0.0944. The summed E-state index contributed by atoms with van der Waals surface area (Å²) in [6.07, 6.45) is -4.50. The van der Waals surface area contributed by atoms with Crippen molar-refractivity contribution < 1.29 is 26.4 Å². The minimum absolute atomic E-state index is 0.0150. The van der Waals surface area contributed by atoms with Crippen LogP contribution in [-0.4, -0.2) is 25.7 Å². The Morgan fingerprint density at radius 3 is 2.30 bits per heavy atom. The Labute approximate surface area is 194 Å². The summed E-state index contributed by atoms with van der Waals surface area (Å²) in [6, 6.07) is 17.3. The van der Waals surface area contributed by atoms with Gasteiger partial charge in [0.2, 0.25) is 10.0 Å². The third-order valence-electron chi connectivity index (χ3n) is 4.85. The van der Waals surface area contributed by atoms with Crippen LogP contribution in [-0.2, 0) is 29.3 Å². The molecule has 0 saturated carbocycles. The van der Waals surface area contributed by atoms with Crippen LogP contribution in [0, 0.1) is 0 Å². The molecule has 0 heterocycles. The van der Waals surface area contributed by atoms with Gasteiger partial charge in [-0.3, -0.25) is 4.79 Å². The molecule has 0 atom stereocenters. The minimum atomic E-state index is -4.50. The number of hydrogen-bond donors (Lipinski definition) is 1. The van der Waals surface area contributed by atoms with Crippen molar-refractivity contribution in [3.8, 4) is 0 Å². The Balaban J connectivity index is 1.77. The van der Waals surface area contributed by atoms with Crippen LogP contribution in [0.4, 0.5) is 13.2 Å². The maximum absolute atomic E-state index is 13.0. The van der Waals surface area contributed by atoms with Crippen molar-refractivity contribution in [1.82, 2.24) is 9.62 Å². The fourth-order valence-electron chi connectivity index (χ4n) is 3.08. The van der Waals surface area contributed by atoms with Gasteiger partial charge in [0, 0.05) is 20.1 Å². The van der Waals surface area contributed by atoms with Crippen LogP contribution in [0.2, 0.25) is 5.02 Å². The lowest BCUT2D eigenvalue weighted by molar-refractivity contribution is -0.137. The van der Waals surface area contributed by atoms with Crippen LogP contribution >= 0.6 is 11.6 Å². The van der Waals surface area contributed by atoms with Gasteiger partial charge >= 0.3 is 6.18 Å². The number of nitrogens with zero attached hydrogens (tertiary/aromatic N) is 1. The number of amides is 1. The fourth-order valence-corrected chi connectivity index (χ4v) is 4.47. The number of alkyl halides is 3. The summed E-state index contributed by atoms with van der Waals surface area (Å²) < 4.78 is 65.7. The molecule has 0 aliphatic rings. The highest BCUT2D eigenvalue weighted by Gasteiger charge is 2.30. The van der Waals surface area contributed by atoms with Crippen molar-refractivity contribution in [2.24, 2.45) is 0 Å². The second-order valence-electron chi connectivity index (χ2n) is 7.27. The molecule has 0 spiro atoms. The van der Waals surface area contributed by atoms with E-state index >= 15 is 0 Å². The monoisotopic (exact) mass is 496 g/mol. The third-order valence-corrected chi connectivity index (χ3v) is 6.98. The molecule has 3 rings (SSSR count). The summed E-state index contributed by atoms with van der Waals surface area (Å²) in [7, 11) is -2.51. The topological polar surface area (TPSA) is 66.5 Å². The van der Waals surface area contributed by atoms with Crippen LogP contribution in [0.15, 0.2) is 77.7 Å². The van der Waals surface area contributed by atoms with Gasteiger partial charge in [-0.1, -0.05) is 54.1 Å². The molecule has 33 heavy (non-hydrogen) atoms. The van der Waals surface area contributed by atoms with Gasteiger partial charge in [0.05, 0.1) is 21.0 Å². The average molecular weight is 497 g/mol. The first-order valence-corrected chi connectivity index (χ1v) is 11.5. The predicted molar refractivity (Wildman–Crippen MR) is 119 cm³/mol. The quantitative estimate of drug-likeness (QED) is 0.494. The van der Waals surface area contributed by atoms with E-state index in [1.807, 2.05) is 6.07 Å². The van der Waals surface area contributed by atoms with Gasteiger partial charge in [-0.25, -0.2) is 8.42 Å². The van der Waals surface area contributed by atoms with Crippen molar-refractivity contribution in [2.75, 3.05) is 7.05 Å². The number of sulfonamides is 1. The van der Waals surface area contributed by atoms with Gasteiger partial charge in [-0.05, 0) is 41.5 Å². The highest BCUT2D eigenvalue weighted by molar-refractivity contribution is 7.89. The van der Waals surface area contributed by atoms with Crippen molar-refractivity contribution in [3.05, 3.63) is 100 Å². The van der Waals surface area contributed by atoms with Gasteiger partial charge in [0.1, 0.15) is 0 Å². The summed E-state index contributed by atoms with van der Waals surface area (Å²) >= 11 is 6.10. The fraction of sp³-hybridized carbons (Fsp3) is 0.174. The maximum atomic E-state index is 13.0. The Bertz CT molecular complexity index is 1250. The Morgan fingerprint density at radius 1 is 0.970 bits per heavy atom. The van der Waals surface area contributed by atoms with E-state index < -0.39 is 27.7 Å². The Hall–Kier alpha value is -2.88. The SMILES string of the molecule is CN(Cc1ccccc1)S(=O)(=O)c1ccc(Cl)c(C(=O)NCc2cccc(C(F)(F)F)c2)c1. The van der Waals surface area contributed by atoms with Crippen LogP contribution in [0.1, 0.15) is 27.0 Å². The smallest absolute Gasteiger partial charge is 0.348 e. The normalized spacial score (nSPS) is 12.1. The second-order valence-corrected chi connectivity index (χ2v) is 9.72. The molecule has 0 aliphatic carbocycles. The zero-order valence-corrected chi connectivity index (χ0v) is 19.0. The van der Waals surface area contributed by atoms with Gasteiger partial charge < -0.3 is 5.32 Å². The van der Waals surface area contributed by atoms with E-state index in [1.54, 1.807) is 24.3 Å². The second kappa shape index (κ2) is 9.94. The van der Waals surface area contributed by atoms with Crippen molar-refractivity contribution in [3.63, 3.8) is 0 Å². The first-order chi connectivity index (χ1) is 15.5. The molecule has 0 bridgehead atoms. The predicted octanol–water partition coefficient (Wildman–Crippen LogP) is 5.11. The highest BCUT2D eigenvalue weighted by atomic mass is 35.5. The molecule has 0 radical (unpaired) electrons. The molecule has 0 aliphatic heterocycles. The summed E-state index contributed by atoms with van der Waals surface area (Å²) in [5.74, 6) is -0.708. The van der Waals surface area contributed by atoms with E-state index in [2.05, 4.69) is 5.32 Å². The number of benzene rings is 3. The molecule has 3 aromatic rings. The van der Waals surface area contributed by atoms with E-state index in [4.69, 9.17) is 11.6 Å². The Kier molecular flexibility index (Phi) is 7.46. The zero-order valence-electron chi connectivity index (χ0n) is 17.4. The largest absolute Gasteiger partial charge is 0.416 e. The number of hydrogen-bond acceptors (Lipinski definition) is 3. The molecule has 1 amide bonds. The molecule has 1 N–H and O–H groups in total. The van der Waals surface area contributed by atoms with Crippen molar-refractivity contribution in [1.29, 1.82) is 0 Å². The van der Waals surface area contributed by atoms with Crippen LogP contribution < -0.4 is 5.32 Å². The number of nitrogens with one attached hydrogen (secondary N) is 1. The molecular formula is C23H20ClF3N2O3S. The lowest BCUT2D eigenvalue weighted by Gasteiger charge is -2.18. The minimum Gasteiger partial charge on any atom is -0.348 e. The van der Waals surface area contributed by atoms with Gasteiger partial charge in [0.25, 0.3) is 5.91 Å². The highest BCUT2D eigenvalue weighted by Crippen LogP contribution is 2.29.